The van der Waals surface area contributed by atoms with Crippen molar-refractivity contribution in [2.45, 2.75) is 25.9 Å². The smallest absolute Gasteiger partial charge is 0.191 e. The molecule has 1 heterocycles. The van der Waals surface area contributed by atoms with E-state index in [0.717, 1.165) is 35.5 Å². The van der Waals surface area contributed by atoms with Crippen molar-refractivity contribution < 1.29 is 4.74 Å². The second-order valence-electron chi connectivity index (χ2n) is 5.96. The van der Waals surface area contributed by atoms with Gasteiger partial charge in [-0.05, 0) is 37.0 Å². The summed E-state index contributed by atoms with van der Waals surface area (Å²) in [5.74, 6) is 2.45. The highest BCUT2D eigenvalue weighted by Crippen LogP contribution is 2.30. The number of aliphatic imine (C=N–C) groups is 1. The first kappa shape index (κ1) is 16.3. The van der Waals surface area contributed by atoms with Crippen LogP contribution in [0.5, 0.6) is 5.75 Å². The van der Waals surface area contributed by atoms with Gasteiger partial charge in [-0.15, -0.1) is 0 Å². The van der Waals surface area contributed by atoms with Crippen LogP contribution in [0.25, 0.3) is 0 Å². The van der Waals surface area contributed by atoms with Crippen molar-refractivity contribution in [3.8, 4) is 5.75 Å². The van der Waals surface area contributed by atoms with Crippen molar-refractivity contribution in [1.82, 2.24) is 15.6 Å². The number of para-hydroxylation sites is 1. The standard InChI is InChI=1S/C19H24N4O/c1-20-19(23-13-17-7-4-5-11-21-17)22-12-16-6-2-3-8-18(16)24-14-15-9-10-15/h2-8,11,15H,9-10,12-14H2,1H3,(H2,20,22,23). The minimum atomic E-state index is 0.639. The fourth-order valence-electron chi connectivity index (χ4n) is 2.36. The van der Waals surface area contributed by atoms with Gasteiger partial charge in [0, 0.05) is 25.4 Å². The molecule has 0 bridgehead atoms. The minimum Gasteiger partial charge on any atom is -0.493 e. The Morgan fingerprint density at radius 3 is 2.67 bits per heavy atom. The molecule has 24 heavy (non-hydrogen) atoms. The first-order valence-corrected chi connectivity index (χ1v) is 8.40. The third-order valence-electron chi connectivity index (χ3n) is 3.98. The molecule has 5 nitrogen and oxygen atoms in total. The first-order chi connectivity index (χ1) is 11.8. The lowest BCUT2D eigenvalue weighted by Crippen LogP contribution is -2.36. The van der Waals surface area contributed by atoms with Crippen LogP contribution in [-0.4, -0.2) is 24.6 Å². The number of nitrogens with one attached hydrogen (secondary N) is 2. The third-order valence-corrected chi connectivity index (χ3v) is 3.98. The van der Waals surface area contributed by atoms with Crippen LogP contribution in [0.15, 0.2) is 53.7 Å². The van der Waals surface area contributed by atoms with E-state index in [0.29, 0.717) is 13.1 Å². The van der Waals surface area contributed by atoms with Crippen molar-refractivity contribution >= 4 is 5.96 Å². The number of ether oxygens (including phenoxy) is 1. The highest BCUT2D eigenvalue weighted by atomic mass is 16.5. The van der Waals surface area contributed by atoms with E-state index >= 15 is 0 Å². The Morgan fingerprint density at radius 1 is 1.12 bits per heavy atom. The van der Waals surface area contributed by atoms with E-state index in [1.807, 2.05) is 36.4 Å². The molecule has 0 amide bonds. The summed E-state index contributed by atoms with van der Waals surface area (Å²) in [6, 6.07) is 14.0. The maximum Gasteiger partial charge on any atom is 0.191 e. The number of hydrogen-bond acceptors (Lipinski definition) is 3. The van der Waals surface area contributed by atoms with E-state index in [4.69, 9.17) is 4.74 Å². The normalized spacial score (nSPS) is 14.3. The van der Waals surface area contributed by atoms with Crippen LogP contribution in [-0.2, 0) is 13.1 Å². The molecule has 126 valence electrons. The van der Waals surface area contributed by atoms with Crippen molar-refractivity contribution in [2.24, 2.45) is 10.9 Å². The van der Waals surface area contributed by atoms with E-state index < -0.39 is 0 Å². The molecule has 3 rings (SSSR count). The van der Waals surface area contributed by atoms with Crippen molar-refractivity contribution in [3.63, 3.8) is 0 Å². The van der Waals surface area contributed by atoms with Gasteiger partial charge in [0.2, 0.25) is 0 Å². The molecular formula is C19H24N4O. The Hall–Kier alpha value is -2.56. The molecule has 5 heteroatoms. The highest BCUT2D eigenvalue weighted by Gasteiger charge is 2.22. The third kappa shape index (κ3) is 4.98. The molecule has 0 radical (unpaired) electrons. The zero-order chi connectivity index (χ0) is 16.6. The van der Waals surface area contributed by atoms with Gasteiger partial charge in [0.05, 0.1) is 18.8 Å². The number of rotatable bonds is 7. The van der Waals surface area contributed by atoms with Crippen LogP contribution in [0.3, 0.4) is 0 Å². The van der Waals surface area contributed by atoms with Crippen LogP contribution in [0.4, 0.5) is 0 Å². The molecule has 0 saturated heterocycles. The van der Waals surface area contributed by atoms with Crippen LogP contribution < -0.4 is 15.4 Å². The van der Waals surface area contributed by atoms with Gasteiger partial charge < -0.3 is 15.4 Å². The minimum absolute atomic E-state index is 0.639. The fourth-order valence-corrected chi connectivity index (χ4v) is 2.36. The first-order valence-electron chi connectivity index (χ1n) is 8.40. The molecule has 0 spiro atoms. The summed E-state index contributed by atoms with van der Waals surface area (Å²) in [6.07, 6.45) is 4.38. The Morgan fingerprint density at radius 2 is 1.92 bits per heavy atom. The number of benzene rings is 1. The Bertz CT molecular complexity index is 668. The lowest BCUT2D eigenvalue weighted by atomic mass is 10.2. The number of aromatic nitrogens is 1. The number of nitrogens with zero attached hydrogens (tertiary/aromatic N) is 2. The molecule has 1 saturated carbocycles. The lowest BCUT2D eigenvalue weighted by molar-refractivity contribution is 0.296. The molecule has 0 unspecified atom stereocenters. The fraction of sp³-hybridized carbons (Fsp3) is 0.368. The van der Waals surface area contributed by atoms with Crippen LogP contribution in [0, 0.1) is 5.92 Å². The van der Waals surface area contributed by atoms with Gasteiger partial charge in [-0.2, -0.15) is 0 Å². The Labute approximate surface area is 143 Å². The lowest BCUT2D eigenvalue weighted by Gasteiger charge is -2.14. The van der Waals surface area contributed by atoms with Gasteiger partial charge >= 0.3 is 0 Å². The van der Waals surface area contributed by atoms with E-state index in [2.05, 4.69) is 26.7 Å². The summed E-state index contributed by atoms with van der Waals surface area (Å²) < 4.78 is 5.95. The largest absolute Gasteiger partial charge is 0.493 e. The highest BCUT2D eigenvalue weighted by molar-refractivity contribution is 5.79. The van der Waals surface area contributed by atoms with E-state index in [1.54, 1.807) is 13.2 Å². The van der Waals surface area contributed by atoms with Gasteiger partial charge in [0.25, 0.3) is 0 Å². The second kappa shape index (κ2) is 8.34. The van der Waals surface area contributed by atoms with Crippen LogP contribution in [0.2, 0.25) is 0 Å². The molecule has 2 N–H and O–H groups in total. The zero-order valence-corrected chi connectivity index (χ0v) is 14.0. The Kier molecular flexibility index (Phi) is 5.66. The predicted molar refractivity (Wildman–Crippen MR) is 95.9 cm³/mol. The average molecular weight is 324 g/mol. The number of guanidine groups is 1. The SMILES string of the molecule is CN=C(NCc1ccccn1)NCc1ccccc1OCC1CC1. The van der Waals surface area contributed by atoms with Gasteiger partial charge in [0.15, 0.2) is 5.96 Å². The maximum atomic E-state index is 5.95. The van der Waals surface area contributed by atoms with Crippen molar-refractivity contribution in [1.29, 1.82) is 0 Å². The molecule has 1 aromatic carbocycles. The van der Waals surface area contributed by atoms with Gasteiger partial charge in [0.1, 0.15) is 5.75 Å². The van der Waals surface area contributed by atoms with Gasteiger partial charge in [-0.1, -0.05) is 24.3 Å². The molecule has 0 aliphatic heterocycles. The summed E-state index contributed by atoms with van der Waals surface area (Å²) in [5, 5.41) is 6.60. The summed E-state index contributed by atoms with van der Waals surface area (Å²) in [6.45, 7) is 2.13. The number of pyridine rings is 1. The molecule has 1 aromatic heterocycles. The summed E-state index contributed by atoms with van der Waals surface area (Å²) in [4.78, 5) is 8.56. The number of hydrogen-bond donors (Lipinski definition) is 2. The van der Waals surface area contributed by atoms with Crippen LogP contribution >= 0.6 is 0 Å². The summed E-state index contributed by atoms with van der Waals surface area (Å²) in [5.41, 5.74) is 2.12. The van der Waals surface area contributed by atoms with Crippen LogP contribution in [0.1, 0.15) is 24.1 Å². The maximum absolute atomic E-state index is 5.95. The summed E-state index contributed by atoms with van der Waals surface area (Å²) >= 11 is 0. The zero-order valence-electron chi connectivity index (χ0n) is 14.0. The molecule has 1 fully saturated rings. The predicted octanol–water partition coefficient (Wildman–Crippen LogP) is 2.74. The van der Waals surface area contributed by atoms with Gasteiger partial charge in [-0.3, -0.25) is 9.98 Å². The monoisotopic (exact) mass is 324 g/mol. The van der Waals surface area contributed by atoms with Crippen molar-refractivity contribution in [2.75, 3.05) is 13.7 Å². The van der Waals surface area contributed by atoms with E-state index in [1.165, 1.54) is 12.8 Å². The molecule has 1 aliphatic rings. The quantitative estimate of drug-likeness (QED) is 0.607. The second-order valence-corrected chi connectivity index (χ2v) is 5.96. The average Bonchev–Trinajstić information content (AvgIpc) is 3.46. The van der Waals surface area contributed by atoms with E-state index in [9.17, 15) is 0 Å². The summed E-state index contributed by atoms with van der Waals surface area (Å²) in [7, 11) is 1.77. The molecule has 1 aliphatic carbocycles. The van der Waals surface area contributed by atoms with E-state index in [-0.39, 0.29) is 0 Å². The van der Waals surface area contributed by atoms with Crippen molar-refractivity contribution in [3.05, 3.63) is 59.9 Å². The molecule has 0 atom stereocenters. The topological polar surface area (TPSA) is 58.5 Å². The molecular weight excluding hydrogens is 300 g/mol. The van der Waals surface area contributed by atoms with Gasteiger partial charge in [-0.25, -0.2) is 0 Å². The Balaban J connectivity index is 1.51. The molecule has 2 aromatic rings.